The fourth-order valence-corrected chi connectivity index (χ4v) is 2.86. The SMILES string of the molecule is CCOC(=O)N1CCN(c2nccc(Nc3ccccc3OCC)n2)CC1. The molecule has 1 fully saturated rings. The highest BCUT2D eigenvalue weighted by molar-refractivity contribution is 5.68. The first-order valence-corrected chi connectivity index (χ1v) is 9.19. The molecule has 1 aliphatic rings. The van der Waals surface area contributed by atoms with Crippen LogP contribution in [-0.4, -0.2) is 60.4 Å². The first-order valence-electron chi connectivity index (χ1n) is 9.19. The predicted molar refractivity (Wildman–Crippen MR) is 104 cm³/mol. The number of aromatic nitrogens is 2. The monoisotopic (exact) mass is 371 g/mol. The van der Waals surface area contributed by atoms with Gasteiger partial charge >= 0.3 is 6.09 Å². The number of carbonyl (C=O) groups excluding carboxylic acids is 1. The number of hydrogen-bond donors (Lipinski definition) is 1. The Bertz CT molecular complexity index is 763. The van der Waals surface area contributed by atoms with Crippen LogP contribution in [0.2, 0.25) is 0 Å². The molecule has 2 heterocycles. The van der Waals surface area contributed by atoms with Crippen LogP contribution in [0.5, 0.6) is 5.75 Å². The summed E-state index contributed by atoms with van der Waals surface area (Å²) in [6, 6.07) is 9.57. The van der Waals surface area contributed by atoms with Gasteiger partial charge in [0.25, 0.3) is 0 Å². The Morgan fingerprint density at radius 3 is 2.63 bits per heavy atom. The van der Waals surface area contributed by atoms with Crippen LogP contribution in [0, 0.1) is 0 Å². The van der Waals surface area contributed by atoms with Crippen molar-refractivity contribution in [3.05, 3.63) is 36.5 Å². The normalized spacial score (nSPS) is 14.0. The van der Waals surface area contributed by atoms with Crippen LogP contribution < -0.4 is 15.0 Å². The summed E-state index contributed by atoms with van der Waals surface area (Å²) in [6.07, 6.45) is 1.46. The van der Waals surface area contributed by atoms with Crippen molar-refractivity contribution in [1.82, 2.24) is 14.9 Å². The maximum absolute atomic E-state index is 11.8. The average molecular weight is 371 g/mol. The number of nitrogens with zero attached hydrogens (tertiary/aromatic N) is 4. The molecule has 1 aliphatic heterocycles. The van der Waals surface area contributed by atoms with E-state index in [0.717, 1.165) is 11.4 Å². The number of anilines is 3. The summed E-state index contributed by atoms with van der Waals surface area (Å²) in [4.78, 5) is 24.6. The molecule has 3 rings (SSSR count). The van der Waals surface area contributed by atoms with Crippen LogP contribution in [-0.2, 0) is 4.74 Å². The van der Waals surface area contributed by atoms with Crippen LogP contribution >= 0.6 is 0 Å². The zero-order valence-electron chi connectivity index (χ0n) is 15.7. The molecule has 0 bridgehead atoms. The van der Waals surface area contributed by atoms with Crippen LogP contribution in [0.25, 0.3) is 0 Å². The van der Waals surface area contributed by atoms with Gasteiger partial charge in [-0.3, -0.25) is 0 Å². The largest absolute Gasteiger partial charge is 0.492 e. The number of amides is 1. The van der Waals surface area contributed by atoms with Crippen molar-refractivity contribution >= 4 is 23.5 Å². The van der Waals surface area contributed by atoms with Crippen LogP contribution in [0.4, 0.5) is 22.2 Å². The van der Waals surface area contributed by atoms with E-state index in [1.54, 1.807) is 11.1 Å². The number of carbonyl (C=O) groups is 1. The smallest absolute Gasteiger partial charge is 0.409 e. The first-order chi connectivity index (χ1) is 13.2. The van der Waals surface area contributed by atoms with Crippen molar-refractivity contribution in [3.63, 3.8) is 0 Å². The van der Waals surface area contributed by atoms with Crippen molar-refractivity contribution in [2.75, 3.05) is 49.6 Å². The second-order valence-corrected chi connectivity index (χ2v) is 5.97. The zero-order chi connectivity index (χ0) is 19.1. The molecular weight excluding hydrogens is 346 g/mol. The third-order valence-electron chi connectivity index (χ3n) is 4.18. The highest BCUT2D eigenvalue weighted by atomic mass is 16.6. The molecule has 0 radical (unpaired) electrons. The number of rotatable bonds is 6. The van der Waals surface area contributed by atoms with E-state index in [4.69, 9.17) is 9.47 Å². The van der Waals surface area contributed by atoms with E-state index in [2.05, 4.69) is 20.2 Å². The third-order valence-corrected chi connectivity index (χ3v) is 4.18. The minimum atomic E-state index is -0.263. The molecule has 8 heteroatoms. The molecular formula is C19H25N5O3. The molecule has 1 aromatic carbocycles. The Kier molecular flexibility index (Phi) is 6.30. The van der Waals surface area contributed by atoms with Crippen LogP contribution in [0.1, 0.15) is 13.8 Å². The van der Waals surface area contributed by atoms with Gasteiger partial charge in [-0.2, -0.15) is 4.98 Å². The minimum absolute atomic E-state index is 0.263. The van der Waals surface area contributed by atoms with E-state index in [9.17, 15) is 4.79 Å². The molecule has 0 spiro atoms. The van der Waals surface area contributed by atoms with Crippen LogP contribution in [0.3, 0.4) is 0 Å². The summed E-state index contributed by atoms with van der Waals surface area (Å²) in [6.45, 7) is 7.26. The Balaban J connectivity index is 1.66. The fraction of sp³-hybridized carbons (Fsp3) is 0.421. The van der Waals surface area contributed by atoms with Gasteiger partial charge in [-0.1, -0.05) is 12.1 Å². The Labute approximate surface area is 159 Å². The first kappa shape index (κ1) is 18.8. The van der Waals surface area contributed by atoms with Gasteiger partial charge in [0, 0.05) is 32.4 Å². The molecule has 27 heavy (non-hydrogen) atoms. The lowest BCUT2D eigenvalue weighted by Gasteiger charge is -2.34. The van der Waals surface area contributed by atoms with Crippen molar-refractivity contribution in [3.8, 4) is 5.75 Å². The van der Waals surface area contributed by atoms with Crippen molar-refractivity contribution in [2.24, 2.45) is 0 Å². The second-order valence-electron chi connectivity index (χ2n) is 5.97. The highest BCUT2D eigenvalue weighted by Gasteiger charge is 2.23. The van der Waals surface area contributed by atoms with E-state index >= 15 is 0 Å². The predicted octanol–water partition coefficient (Wildman–Crippen LogP) is 2.90. The van der Waals surface area contributed by atoms with E-state index < -0.39 is 0 Å². The maximum atomic E-state index is 11.8. The van der Waals surface area contributed by atoms with E-state index in [1.807, 2.05) is 44.2 Å². The summed E-state index contributed by atoms with van der Waals surface area (Å²) in [5.41, 5.74) is 0.858. The van der Waals surface area contributed by atoms with Crippen LogP contribution in [0.15, 0.2) is 36.5 Å². The molecule has 1 saturated heterocycles. The van der Waals surface area contributed by atoms with Gasteiger partial charge in [-0.05, 0) is 32.0 Å². The molecule has 1 amide bonds. The molecule has 8 nitrogen and oxygen atoms in total. The summed E-state index contributed by atoms with van der Waals surface area (Å²) < 4.78 is 10.7. The number of ether oxygens (including phenoxy) is 2. The number of hydrogen-bond acceptors (Lipinski definition) is 7. The van der Waals surface area contributed by atoms with E-state index in [-0.39, 0.29) is 6.09 Å². The van der Waals surface area contributed by atoms with Gasteiger partial charge in [0.2, 0.25) is 5.95 Å². The molecule has 0 atom stereocenters. The zero-order valence-corrected chi connectivity index (χ0v) is 15.7. The number of benzene rings is 1. The van der Waals surface area contributed by atoms with Gasteiger partial charge < -0.3 is 24.6 Å². The van der Waals surface area contributed by atoms with E-state index in [0.29, 0.717) is 51.2 Å². The van der Waals surface area contributed by atoms with Gasteiger partial charge in [0.05, 0.1) is 18.9 Å². The number of para-hydroxylation sites is 2. The van der Waals surface area contributed by atoms with Crippen molar-refractivity contribution in [1.29, 1.82) is 0 Å². The Morgan fingerprint density at radius 1 is 1.11 bits per heavy atom. The quantitative estimate of drug-likeness (QED) is 0.836. The van der Waals surface area contributed by atoms with E-state index in [1.165, 1.54) is 0 Å². The molecule has 0 unspecified atom stereocenters. The molecule has 1 aromatic heterocycles. The topological polar surface area (TPSA) is 79.8 Å². The third kappa shape index (κ3) is 4.78. The molecule has 0 saturated carbocycles. The van der Waals surface area contributed by atoms with Gasteiger partial charge in [-0.25, -0.2) is 9.78 Å². The lowest BCUT2D eigenvalue weighted by atomic mass is 10.3. The highest BCUT2D eigenvalue weighted by Crippen LogP contribution is 2.27. The second kappa shape index (κ2) is 9.07. The fourth-order valence-electron chi connectivity index (χ4n) is 2.86. The van der Waals surface area contributed by atoms with Crippen molar-refractivity contribution in [2.45, 2.75) is 13.8 Å². The Morgan fingerprint density at radius 2 is 1.89 bits per heavy atom. The lowest BCUT2D eigenvalue weighted by Crippen LogP contribution is -2.49. The number of nitrogens with one attached hydrogen (secondary N) is 1. The van der Waals surface area contributed by atoms with Gasteiger partial charge in [-0.15, -0.1) is 0 Å². The standard InChI is InChI=1S/C19H25N5O3/c1-3-26-16-8-6-5-7-15(16)21-17-9-10-20-18(22-17)23-11-13-24(14-12-23)19(25)27-4-2/h5-10H,3-4,11-14H2,1-2H3,(H,20,21,22). The summed E-state index contributed by atoms with van der Waals surface area (Å²) in [5.74, 6) is 2.11. The Hall–Kier alpha value is -3.03. The summed E-state index contributed by atoms with van der Waals surface area (Å²) >= 11 is 0. The minimum Gasteiger partial charge on any atom is -0.492 e. The molecule has 2 aromatic rings. The van der Waals surface area contributed by atoms with Gasteiger partial charge in [0.1, 0.15) is 11.6 Å². The summed E-state index contributed by atoms with van der Waals surface area (Å²) in [5, 5.41) is 3.29. The molecule has 0 aliphatic carbocycles. The summed E-state index contributed by atoms with van der Waals surface area (Å²) in [7, 11) is 0. The maximum Gasteiger partial charge on any atom is 0.409 e. The number of piperazine rings is 1. The molecule has 1 N–H and O–H groups in total. The average Bonchev–Trinajstić information content (AvgIpc) is 2.70. The lowest BCUT2D eigenvalue weighted by molar-refractivity contribution is 0.105. The molecule has 144 valence electrons. The van der Waals surface area contributed by atoms with Gasteiger partial charge in [0.15, 0.2) is 0 Å². The van der Waals surface area contributed by atoms with Crippen molar-refractivity contribution < 1.29 is 14.3 Å².